The third-order valence-corrected chi connectivity index (χ3v) is 8.27. The summed E-state index contributed by atoms with van der Waals surface area (Å²) in [5, 5.41) is 10.1. The number of benzene rings is 2. The first kappa shape index (κ1) is 28.1. The number of carboxylic acid groups (broad SMARTS) is 1. The Hall–Kier alpha value is -2.91. The lowest BCUT2D eigenvalue weighted by atomic mass is 9.98. The van der Waals surface area contributed by atoms with Gasteiger partial charge in [0.15, 0.2) is 6.10 Å². The lowest BCUT2D eigenvalue weighted by molar-refractivity contribution is -0.150. The second kappa shape index (κ2) is 11.9. The molecule has 0 bridgehead atoms. The Morgan fingerprint density at radius 3 is 2.39 bits per heavy atom. The normalized spacial score (nSPS) is 15.9. The molecule has 0 radical (unpaired) electrons. The molecule has 5 nitrogen and oxygen atoms in total. The fourth-order valence-electron chi connectivity index (χ4n) is 4.96. The quantitative estimate of drug-likeness (QED) is 0.281. The number of alkyl halides is 3. The molecule has 2 unspecified atom stereocenters. The topological polar surface area (TPSA) is 68.7 Å². The largest absolute Gasteiger partial charge is 0.485 e. The molecule has 1 saturated carbocycles. The molecule has 204 valence electrons. The Morgan fingerprint density at radius 1 is 1.13 bits per heavy atom. The monoisotopic (exact) mass is 547 g/mol. The van der Waals surface area contributed by atoms with E-state index in [1.165, 1.54) is 23.5 Å². The number of halogens is 3. The van der Waals surface area contributed by atoms with Crippen molar-refractivity contribution in [3.8, 4) is 16.3 Å². The van der Waals surface area contributed by atoms with Gasteiger partial charge in [-0.05, 0) is 69.0 Å². The van der Waals surface area contributed by atoms with E-state index in [-0.39, 0.29) is 12.5 Å². The number of thiazole rings is 1. The minimum Gasteiger partial charge on any atom is -0.485 e. The van der Waals surface area contributed by atoms with Gasteiger partial charge in [-0.2, -0.15) is 13.2 Å². The third-order valence-electron chi connectivity index (χ3n) is 7.00. The summed E-state index contributed by atoms with van der Waals surface area (Å²) in [6.45, 7) is 5.94. The predicted octanol–water partition coefficient (Wildman–Crippen LogP) is 7.79. The summed E-state index contributed by atoms with van der Waals surface area (Å²) in [5.41, 5.74) is 2.58. The molecule has 2 aromatic carbocycles. The molecular weight excluding hydrogens is 515 g/mol. The number of rotatable bonds is 10. The number of aromatic nitrogens is 1. The highest BCUT2D eigenvalue weighted by atomic mass is 32.1. The van der Waals surface area contributed by atoms with Crippen LogP contribution in [0.25, 0.3) is 10.6 Å². The SMILES string of the molecule is CCOC(Cc1ccc(OC(c2sc(-c3ccc(C(F)(F)F)cc3)nc2C)C2CCCC2)cc1C)C(=O)O. The van der Waals surface area contributed by atoms with Crippen molar-refractivity contribution in [1.29, 1.82) is 0 Å². The average molecular weight is 548 g/mol. The van der Waals surface area contributed by atoms with Crippen LogP contribution in [0.1, 0.15) is 66.0 Å². The fraction of sp³-hybridized carbons (Fsp3) is 0.448. The van der Waals surface area contributed by atoms with Crippen molar-refractivity contribution in [1.82, 2.24) is 4.98 Å². The Balaban J connectivity index is 1.59. The summed E-state index contributed by atoms with van der Waals surface area (Å²) in [6.07, 6.45) is -0.924. The number of carbonyl (C=O) groups is 1. The molecule has 1 aliphatic carbocycles. The van der Waals surface area contributed by atoms with Crippen molar-refractivity contribution in [2.45, 2.75) is 71.3 Å². The van der Waals surface area contributed by atoms with E-state index in [2.05, 4.69) is 0 Å². The number of nitrogens with zero attached hydrogens (tertiary/aromatic N) is 1. The summed E-state index contributed by atoms with van der Waals surface area (Å²) >= 11 is 1.47. The standard InChI is InChI=1S/C29H32F3NO4S/c1-4-36-24(28(34)35)16-21-11-14-23(15-17(21)2)37-25(19-7-5-6-8-19)26-18(3)33-27(38-26)20-9-12-22(13-10-20)29(30,31)32/h9-15,19,24-25H,4-8,16H2,1-3H3,(H,34,35). The van der Waals surface area contributed by atoms with Crippen LogP contribution < -0.4 is 4.74 Å². The van der Waals surface area contributed by atoms with Gasteiger partial charge >= 0.3 is 12.1 Å². The first-order valence-electron chi connectivity index (χ1n) is 12.8. The molecule has 2 atom stereocenters. The molecule has 0 saturated heterocycles. The molecule has 1 aliphatic rings. The molecule has 9 heteroatoms. The van der Waals surface area contributed by atoms with Gasteiger partial charge in [-0.3, -0.25) is 0 Å². The highest BCUT2D eigenvalue weighted by Gasteiger charge is 2.33. The van der Waals surface area contributed by atoms with Crippen molar-refractivity contribution in [2.75, 3.05) is 6.61 Å². The minimum absolute atomic E-state index is 0.223. The maximum absolute atomic E-state index is 13.0. The molecule has 0 aliphatic heterocycles. The second-order valence-corrected chi connectivity index (χ2v) is 10.7. The summed E-state index contributed by atoms with van der Waals surface area (Å²) in [7, 11) is 0. The number of ether oxygens (including phenoxy) is 2. The molecular formula is C29H32F3NO4S. The molecule has 0 spiro atoms. The van der Waals surface area contributed by atoms with Gasteiger partial charge < -0.3 is 14.6 Å². The van der Waals surface area contributed by atoms with Crippen LogP contribution in [0.5, 0.6) is 5.75 Å². The molecule has 0 amide bonds. The minimum atomic E-state index is -4.38. The van der Waals surface area contributed by atoms with Gasteiger partial charge in [0, 0.05) is 24.5 Å². The Bertz CT molecular complexity index is 1250. The molecule has 3 aromatic rings. The van der Waals surface area contributed by atoms with Gasteiger partial charge in [0.1, 0.15) is 16.9 Å². The predicted molar refractivity (Wildman–Crippen MR) is 141 cm³/mol. The van der Waals surface area contributed by atoms with Crippen LogP contribution in [0.15, 0.2) is 42.5 Å². The zero-order chi connectivity index (χ0) is 27.4. The number of aliphatic carboxylic acids is 1. The van der Waals surface area contributed by atoms with Crippen LogP contribution in [0.2, 0.25) is 0 Å². The van der Waals surface area contributed by atoms with Crippen LogP contribution in [-0.2, 0) is 22.1 Å². The van der Waals surface area contributed by atoms with E-state index in [0.717, 1.165) is 59.5 Å². The van der Waals surface area contributed by atoms with Gasteiger partial charge in [0.05, 0.1) is 16.1 Å². The van der Waals surface area contributed by atoms with Crippen LogP contribution in [0, 0.1) is 19.8 Å². The lowest BCUT2D eigenvalue weighted by Gasteiger charge is -2.25. The second-order valence-electron chi connectivity index (χ2n) is 9.70. The molecule has 1 fully saturated rings. The number of hydrogen-bond acceptors (Lipinski definition) is 5. The van der Waals surface area contributed by atoms with E-state index in [4.69, 9.17) is 14.5 Å². The van der Waals surface area contributed by atoms with E-state index in [1.807, 2.05) is 32.0 Å². The Labute approximate surface area is 224 Å². The Kier molecular flexibility index (Phi) is 8.78. The van der Waals surface area contributed by atoms with Gasteiger partial charge in [-0.1, -0.05) is 31.0 Å². The van der Waals surface area contributed by atoms with Gasteiger partial charge in [-0.15, -0.1) is 11.3 Å². The summed E-state index contributed by atoms with van der Waals surface area (Å²) < 4.78 is 51.0. The lowest BCUT2D eigenvalue weighted by Crippen LogP contribution is -2.26. The van der Waals surface area contributed by atoms with E-state index in [1.54, 1.807) is 6.92 Å². The maximum Gasteiger partial charge on any atom is 0.416 e. The summed E-state index contributed by atoms with van der Waals surface area (Å²) in [4.78, 5) is 17.2. The van der Waals surface area contributed by atoms with Crippen molar-refractivity contribution >= 4 is 17.3 Å². The van der Waals surface area contributed by atoms with Crippen LogP contribution in [0.4, 0.5) is 13.2 Å². The van der Waals surface area contributed by atoms with Crippen LogP contribution in [-0.4, -0.2) is 28.8 Å². The van der Waals surface area contributed by atoms with Crippen molar-refractivity contribution in [3.63, 3.8) is 0 Å². The van der Waals surface area contributed by atoms with Gasteiger partial charge in [0.25, 0.3) is 0 Å². The van der Waals surface area contributed by atoms with Crippen molar-refractivity contribution in [3.05, 3.63) is 69.7 Å². The number of hydrogen-bond donors (Lipinski definition) is 1. The van der Waals surface area contributed by atoms with Gasteiger partial charge in [0.2, 0.25) is 0 Å². The molecule has 38 heavy (non-hydrogen) atoms. The van der Waals surface area contributed by atoms with E-state index in [9.17, 15) is 23.1 Å². The van der Waals surface area contributed by atoms with Crippen molar-refractivity contribution < 1.29 is 32.5 Å². The highest BCUT2D eigenvalue weighted by molar-refractivity contribution is 7.15. The van der Waals surface area contributed by atoms with E-state index < -0.39 is 23.8 Å². The zero-order valence-electron chi connectivity index (χ0n) is 21.7. The average Bonchev–Trinajstić information content (AvgIpc) is 3.53. The van der Waals surface area contributed by atoms with Crippen LogP contribution >= 0.6 is 11.3 Å². The third kappa shape index (κ3) is 6.56. The van der Waals surface area contributed by atoms with E-state index in [0.29, 0.717) is 28.8 Å². The van der Waals surface area contributed by atoms with Crippen molar-refractivity contribution in [2.24, 2.45) is 5.92 Å². The Morgan fingerprint density at radius 2 is 1.82 bits per heavy atom. The highest BCUT2D eigenvalue weighted by Crippen LogP contribution is 2.44. The molecule has 4 rings (SSSR count). The first-order chi connectivity index (χ1) is 18.1. The molecule has 1 aromatic heterocycles. The molecule has 1 N–H and O–H groups in total. The zero-order valence-corrected chi connectivity index (χ0v) is 22.5. The fourth-order valence-corrected chi connectivity index (χ4v) is 6.15. The summed E-state index contributed by atoms with van der Waals surface area (Å²) in [6, 6.07) is 10.8. The van der Waals surface area contributed by atoms with Crippen LogP contribution in [0.3, 0.4) is 0 Å². The molecule has 1 heterocycles. The first-order valence-corrected chi connectivity index (χ1v) is 13.6. The number of carboxylic acids is 1. The summed E-state index contributed by atoms with van der Waals surface area (Å²) in [5.74, 6) is 0.0108. The van der Waals surface area contributed by atoms with Gasteiger partial charge in [-0.25, -0.2) is 9.78 Å². The maximum atomic E-state index is 13.0. The van der Waals surface area contributed by atoms with E-state index >= 15 is 0 Å². The smallest absolute Gasteiger partial charge is 0.416 e. The number of aryl methyl sites for hydroxylation is 2.